The van der Waals surface area contributed by atoms with E-state index in [2.05, 4.69) is 0 Å². The van der Waals surface area contributed by atoms with Crippen molar-refractivity contribution in [2.45, 2.75) is 13.0 Å². The minimum absolute atomic E-state index is 0.00523. The second-order valence-corrected chi connectivity index (χ2v) is 4.76. The molecule has 1 heterocycles. The van der Waals surface area contributed by atoms with Gasteiger partial charge < -0.3 is 15.4 Å². The molecule has 4 nitrogen and oxygen atoms in total. The molecule has 1 unspecified atom stereocenters. The summed E-state index contributed by atoms with van der Waals surface area (Å²) in [5.41, 5.74) is 6.37. The van der Waals surface area contributed by atoms with E-state index < -0.39 is 0 Å². The van der Waals surface area contributed by atoms with Crippen LogP contribution < -0.4 is 15.4 Å². The van der Waals surface area contributed by atoms with Crippen molar-refractivity contribution < 1.29 is 9.53 Å². The molecule has 0 bridgehead atoms. The Hall–Kier alpha value is -2.07. The van der Waals surface area contributed by atoms with Crippen molar-refractivity contribution in [1.82, 2.24) is 0 Å². The molecule has 3 rings (SSSR count). The van der Waals surface area contributed by atoms with E-state index in [4.69, 9.17) is 10.5 Å². The van der Waals surface area contributed by atoms with E-state index >= 15 is 0 Å². The lowest BCUT2D eigenvalue weighted by atomic mass is 10.0. The molecular weight excluding hydrogens is 240 g/mol. The molecule has 2 N–H and O–H groups in total. The molecule has 0 saturated carbocycles. The monoisotopic (exact) mass is 256 g/mol. The fraction of sp³-hybridized carbons (Fsp3) is 0.267. The number of amides is 1. The number of hydrogen-bond donors (Lipinski definition) is 1. The number of benzene rings is 2. The molecule has 0 radical (unpaired) electrons. The summed E-state index contributed by atoms with van der Waals surface area (Å²) < 4.78 is 5.73. The van der Waals surface area contributed by atoms with E-state index in [0.29, 0.717) is 6.61 Å². The van der Waals surface area contributed by atoms with Gasteiger partial charge in [-0.15, -0.1) is 0 Å². The number of fused-ring (bicyclic) bond motifs is 3. The number of anilines is 1. The lowest BCUT2D eigenvalue weighted by Crippen LogP contribution is -2.47. The van der Waals surface area contributed by atoms with Crippen LogP contribution in [0.2, 0.25) is 0 Å². The van der Waals surface area contributed by atoms with Gasteiger partial charge in [-0.05, 0) is 18.4 Å². The van der Waals surface area contributed by atoms with Crippen molar-refractivity contribution in [3.63, 3.8) is 0 Å². The van der Waals surface area contributed by atoms with Crippen LogP contribution in [0.25, 0.3) is 10.8 Å². The van der Waals surface area contributed by atoms with Gasteiger partial charge >= 0.3 is 0 Å². The lowest BCUT2D eigenvalue weighted by molar-refractivity contribution is -0.118. The van der Waals surface area contributed by atoms with Crippen LogP contribution in [0.5, 0.6) is 5.75 Å². The van der Waals surface area contributed by atoms with E-state index in [0.717, 1.165) is 22.2 Å². The SMILES string of the molecule is CC1COc2ccc3ccccc3c2N1C(=O)CN. The third-order valence-corrected chi connectivity index (χ3v) is 3.47. The molecular formula is C15H16N2O2. The summed E-state index contributed by atoms with van der Waals surface area (Å²) in [6.07, 6.45) is 0. The van der Waals surface area contributed by atoms with Gasteiger partial charge in [-0.25, -0.2) is 0 Å². The number of nitrogens with two attached hydrogens (primary N) is 1. The van der Waals surface area contributed by atoms with Crippen molar-refractivity contribution in [3.05, 3.63) is 36.4 Å². The molecule has 1 aliphatic heterocycles. The Bertz CT molecular complexity index is 639. The number of carbonyl (C=O) groups is 1. The van der Waals surface area contributed by atoms with E-state index in [1.165, 1.54) is 0 Å². The molecule has 2 aromatic carbocycles. The van der Waals surface area contributed by atoms with Crippen LogP contribution in [-0.2, 0) is 4.79 Å². The smallest absolute Gasteiger partial charge is 0.241 e. The van der Waals surface area contributed by atoms with Gasteiger partial charge in [0.05, 0.1) is 18.3 Å². The summed E-state index contributed by atoms with van der Waals surface area (Å²) >= 11 is 0. The van der Waals surface area contributed by atoms with E-state index in [1.807, 2.05) is 43.3 Å². The summed E-state index contributed by atoms with van der Waals surface area (Å²) in [7, 11) is 0. The number of hydrogen-bond acceptors (Lipinski definition) is 3. The topological polar surface area (TPSA) is 55.6 Å². The highest BCUT2D eigenvalue weighted by Crippen LogP contribution is 2.40. The maximum Gasteiger partial charge on any atom is 0.241 e. The Morgan fingerprint density at radius 3 is 2.95 bits per heavy atom. The van der Waals surface area contributed by atoms with Crippen molar-refractivity contribution in [1.29, 1.82) is 0 Å². The number of ether oxygens (including phenoxy) is 1. The zero-order valence-electron chi connectivity index (χ0n) is 10.8. The van der Waals surface area contributed by atoms with E-state index in [-0.39, 0.29) is 18.5 Å². The van der Waals surface area contributed by atoms with Crippen LogP contribution in [0.3, 0.4) is 0 Å². The summed E-state index contributed by atoms with van der Waals surface area (Å²) in [5.74, 6) is 0.673. The number of carbonyl (C=O) groups excluding carboxylic acids is 1. The molecule has 0 spiro atoms. The zero-order valence-corrected chi connectivity index (χ0v) is 10.8. The minimum atomic E-state index is -0.0756. The zero-order chi connectivity index (χ0) is 13.4. The van der Waals surface area contributed by atoms with Gasteiger partial charge in [-0.1, -0.05) is 30.3 Å². The molecule has 4 heteroatoms. The van der Waals surface area contributed by atoms with E-state index in [9.17, 15) is 4.79 Å². The molecule has 98 valence electrons. The average molecular weight is 256 g/mol. The Balaban J connectivity index is 2.27. The standard InChI is InChI=1S/C15H16N2O2/c1-10-9-19-13-7-6-11-4-2-3-5-12(11)15(13)17(10)14(18)8-16/h2-7,10H,8-9,16H2,1H3. The fourth-order valence-electron chi connectivity index (χ4n) is 2.57. The highest BCUT2D eigenvalue weighted by molar-refractivity contribution is 6.07. The average Bonchev–Trinajstić information content (AvgIpc) is 2.46. The molecule has 0 saturated heterocycles. The highest BCUT2D eigenvalue weighted by Gasteiger charge is 2.30. The predicted molar refractivity (Wildman–Crippen MR) is 75.4 cm³/mol. The normalized spacial score (nSPS) is 18.0. The van der Waals surface area contributed by atoms with Crippen LogP contribution in [0, 0.1) is 0 Å². The molecule has 0 fully saturated rings. The fourth-order valence-corrected chi connectivity index (χ4v) is 2.57. The largest absolute Gasteiger partial charge is 0.489 e. The molecule has 0 aliphatic carbocycles. The molecule has 1 atom stereocenters. The quantitative estimate of drug-likeness (QED) is 0.848. The first-order valence-electron chi connectivity index (χ1n) is 6.39. The Morgan fingerprint density at radius 1 is 1.37 bits per heavy atom. The second-order valence-electron chi connectivity index (χ2n) is 4.76. The van der Waals surface area contributed by atoms with Gasteiger partial charge in [0.15, 0.2) is 0 Å². The van der Waals surface area contributed by atoms with Crippen LogP contribution in [0.15, 0.2) is 36.4 Å². The van der Waals surface area contributed by atoms with Crippen LogP contribution >= 0.6 is 0 Å². The van der Waals surface area contributed by atoms with Gasteiger partial charge in [-0.2, -0.15) is 0 Å². The Morgan fingerprint density at radius 2 is 2.16 bits per heavy atom. The number of rotatable bonds is 1. The summed E-state index contributed by atoms with van der Waals surface area (Å²) in [6, 6.07) is 11.9. The van der Waals surface area contributed by atoms with Gasteiger partial charge in [0, 0.05) is 5.39 Å². The molecule has 1 aliphatic rings. The maximum absolute atomic E-state index is 12.1. The van der Waals surface area contributed by atoms with Gasteiger partial charge in [0.2, 0.25) is 5.91 Å². The molecule has 0 aromatic heterocycles. The summed E-state index contributed by atoms with van der Waals surface area (Å²) in [5, 5.41) is 2.11. The third-order valence-electron chi connectivity index (χ3n) is 3.47. The first kappa shape index (κ1) is 12.0. The molecule has 19 heavy (non-hydrogen) atoms. The van der Waals surface area contributed by atoms with Gasteiger partial charge in [-0.3, -0.25) is 4.79 Å². The first-order valence-corrected chi connectivity index (χ1v) is 6.39. The third kappa shape index (κ3) is 1.85. The summed E-state index contributed by atoms with van der Waals surface area (Å²) in [6.45, 7) is 2.47. The van der Waals surface area contributed by atoms with Gasteiger partial charge in [0.25, 0.3) is 0 Å². The Kier molecular flexibility index (Phi) is 2.87. The molecule has 2 aromatic rings. The minimum Gasteiger partial charge on any atom is -0.489 e. The lowest BCUT2D eigenvalue weighted by Gasteiger charge is -2.35. The maximum atomic E-state index is 12.1. The van der Waals surface area contributed by atoms with Gasteiger partial charge in [0.1, 0.15) is 12.4 Å². The van der Waals surface area contributed by atoms with Crippen molar-refractivity contribution in [2.24, 2.45) is 5.73 Å². The van der Waals surface area contributed by atoms with Crippen molar-refractivity contribution in [2.75, 3.05) is 18.1 Å². The summed E-state index contributed by atoms with van der Waals surface area (Å²) in [4.78, 5) is 13.9. The second kappa shape index (κ2) is 4.55. The molecule has 1 amide bonds. The van der Waals surface area contributed by atoms with Crippen LogP contribution in [0.1, 0.15) is 6.92 Å². The van der Waals surface area contributed by atoms with Crippen molar-refractivity contribution >= 4 is 22.4 Å². The number of nitrogens with zero attached hydrogens (tertiary/aromatic N) is 1. The predicted octanol–water partition coefficient (Wildman–Crippen LogP) is 1.91. The van der Waals surface area contributed by atoms with Crippen LogP contribution in [0.4, 0.5) is 5.69 Å². The highest BCUT2D eigenvalue weighted by atomic mass is 16.5. The Labute approximate surface area is 111 Å². The first-order chi connectivity index (χ1) is 9.22. The van der Waals surface area contributed by atoms with Crippen molar-refractivity contribution in [3.8, 4) is 5.75 Å². The van der Waals surface area contributed by atoms with Crippen LogP contribution in [-0.4, -0.2) is 25.1 Å². The van der Waals surface area contributed by atoms with E-state index in [1.54, 1.807) is 4.90 Å².